The molecule has 0 radical (unpaired) electrons. The number of carboxylic acids is 1. The van der Waals surface area contributed by atoms with E-state index in [0.717, 1.165) is 37.5 Å². The minimum Gasteiger partial charge on any atom is -0.476 e. The maximum atomic E-state index is 13.8. The molecule has 5 aliphatic rings. The summed E-state index contributed by atoms with van der Waals surface area (Å²) in [6, 6.07) is 7.67. The van der Waals surface area contributed by atoms with Crippen LogP contribution in [0.4, 0.5) is 0 Å². The molecular formula is C29H35N5O5. The van der Waals surface area contributed by atoms with Crippen LogP contribution in [-0.2, 0) is 14.4 Å². The average Bonchev–Trinajstić information content (AvgIpc) is 3.69. The Hall–Kier alpha value is -3.69. The number of rotatable bonds is 9. The summed E-state index contributed by atoms with van der Waals surface area (Å²) in [5.41, 5.74) is 6.91. The van der Waals surface area contributed by atoms with Crippen molar-refractivity contribution >= 4 is 28.6 Å². The Morgan fingerprint density at radius 3 is 2.69 bits per heavy atom. The molecule has 7 rings (SSSR count). The molecule has 206 valence electrons. The number of carboxylic acid groups (broad SMARTS) is 1. The molecule has 2 unspecified atom stereocenters. The van der Waals surface area contributed by atoms with E-state index in [2.05, 4.69) is 28.2 Å². The van der Waals surface area contributed by atoms with Crippen LogP contribution in [0.3, 0.4) is 0 Å². The lowest BCUT2D eigenvalue weighted by molar-refractivity contribution is -0.130. The number of carbonyl (C=O) groups excluding carboxylic acids is 1. The number of fused-ring (bicyclic) bond motifs is 1. The molecule has 5 fully saturated rings. The number of oxime groups is 1. The monoisotopic (exact) mass is 533 g/mol. The van der Waals surface area contributed by atoms with Gasteiger partial charge in [-0.25, -0.2) is 9.78 Å². The standard InChI is InChI=1S/C29H35N5O5/c1-16-6-5-7-18(33(16)14-19-20-13-21(19)29(20)10-11-29)12-17(2)34-23-9-4-3-8-22(23)31-25(27(34)36)26(28(37)38)32-39-15-24(30)35/h3-4,8-9,14,16-18,20-21H,5-7,10-13,15H2,1-2H3,(H2,30,35)(H,37,38)/b19-14?,32-26-/t16-,17-,18-,20?,21?/m0/s1. The minimum atomic E-state index is -1.48. The first-order valence-electron chi connectivity index (χ1n) is 13.9. The highest BCUT2D eigenvalue weighted by Crippen LogP contribution is 2.82. The molecule has 4 saturated carbocycles. The molecule has 1 saturated heterocycles. The third kappa shape index (κ3) is 4.20. The summed E-state index contributed by atoms with van der Waals surface area (Å²) in [6.07, 6.45) is 10.7. The maximum Gasteiger partial charge on any atom is 0.360 e. The summed E-state index contributed by atoms with van der Waals surface area (Å²) in [5, 5.41) is 13.3. The van der Waals surface area contributed by atoms with E-state index in [4.69, 9.17) is 10.6 Å². The van der Waals surface area contributed by atoms with Crippen molar-refractivity contribution in [3.63, 3.8) is 0 Å². The number of allylic oxidation sites excluding steroid dienone is 1. The number of aromatic nitrogens is 2. The van der Waals surface area contributed by atoms with E-state index in [0.29, 0.717) is 22.5 Å². The highest BCUT2D eigenvalue weighted by atomic mass is 16.6. The lowest BCUT2D eigenvalue weighted by Gasteiger charge is -2.63. The van der Waals surface area contributed by atoms with Crippen molar-refractivity contribution in [2.75, 3.05) is 6.61 Å². The predicted molar refractivity (Wildman–Crippen MR) is 145 cm³/mol. The van der Waals surface area contributed by atoms with E-state index in [1.165, 1.54) is 19.3 Å². The van der Waals surface area contributed by atoms with Gasteiger partial charge in [-0.2, -0.15) is 0 Å². The van der Waals surface area contributed by atoms with Crippen LogP contribution in [0, 0.1) is 17.3 Å². The predicted octanol–water partition coefficient (Wildman–Crippen LogP) is 3.20. The molecule has 1 amide bonds. The number of carbonyl (C=O) groups is 2. The van der Waals surface area contributed by atoms with Gasteiger partial charge in [-0.3, -0.25) is 9.59 Å². The van der Waals surface area contributed by atoms with Gasteiger partial charge in [0.05, 0.1) is 11.0 Å². The number of nitrogens with zero attached hydrogens (tertiary/aromatic N) is 4. The van der Waals surface area contributed by atoms with Crippen LogP contribution in [0.1, 0.15) is 70.5 Å². The lowest BCUT2D eigenvalue weighted by atomic mass is 9.42. The van der Waals surface area contributed by atoms with E-state index < -0.39 is 29.8 Å². The first-order valence-corrected chi connectivity index (χ1v) is 13.9. The zero-order valence-electron chi connectivity index (χ0n) is 22.4. The number of para-hydroxylation sites is 2. The van der Waals surface area contributed by atoms with Crippen LogP contribution >= 0.6 is 0 Å². The Morgan fingerprint density at radius 1 is 1.28 bits per heavy atom. The minimum absolute atomic E-state index is 0.229. The molecule has 1 aromatic heterocycles. The van der Waals surface area contributed by atoms with Gasteiger partial charge in [-0.05, 0) is 99.9 Å². The number of hydrogen-bond donors (Lipinski definition) is 2. The van der Waals surface area contributed by atoms with Gasteiger partial charge in [-0.15, -0.1) is 0 Å². The van der Waals surface area contributed by atoms with Crippen molar-refractivity contribution in [1.29, 1.82) is 0 Å². The molecule has 1 aromatic carbocycles. The lowest BCUT2D eigenvalue weighted by Crippen LogP contribution is -2.56. The number of piperidine rings is 1. The molecule has 10 nitrogen and oxygen atoms in total. The first kappa shape index (κ1) is 25.6. The Kier molecular flexibility index (Phi) is 6.23. The molecule has 10 heteroatoms. The van der Waals surface area contributed by atoms with Gasteiger partial charge in [-0.1, -0.05) is 17.3 Å². The number of primary amides is 1. The highest BCUT2D eigenvalue weighted by molar-refractivity contribution is 6.41. The third-order valence-electron chi connectivity index (χ3n) is 9.52. The molecule has 2 heterocycles. The van der Waals surface area contributed by atoms with Gasteiger partial charge in [0.2, 0.25) is 5.71 Å². The molecule has 2 aromatic rings. The molecule has 39 heavy (non-hydrogen) atoms. The van der Waals surface area contributed by atoms with Crippen LogP contribution in [0.5, 0.6) is 0 Å². The fourth-order valence-electron chi connectivity index (χ4n) is 7.27. The second-order valence-electron chi connectivity index (χ2n) is 11.8. The third-order valence-corrected chi connectivity index (χ3v) is 9.52. The van der Waals surface area contributed by atoms with E-state index >= 15 is 0 Å². The van der Waals surface area contributed by atoms with E-state index in [1.807, 2.05) is 19.1 Å². The number of hydrogen-bond acceptors (Lipinski definition) is 7. The second kappa shape index (κ2) is 9.50. The van der Waals surface area contributed by atoms with E-state index in [1.54, 1.807) is 22.3 Å². The fraction of sp³-hybridized carbons (Fsp3) is 0.552. The normalized spacial score (nSPS) is 27.5. The van der Waals surface area contributed by atoms with Crippen LogP contribution in [0.2, 0.25) is 0 Å². The highest BCUT2D eigenvalue weighted by Gasteiger charge is 2.73. The SMILES string of the molecule is C[C@H]1CCC[C@@H](C[C@H](C)n2c(=O)c(/C(=N/OCC(N)=O)C(=O)O)nc3ccccc32)N1C=C1C2CC1C21CC1. The number of benzene rings is 1. The second-order valence-corrected chi connectivity index (χ2v) is 11.8. The quantitative estimate of drug-likeness (QED) is 0.373. The number of aliphatic carboxylic acids is 1. The Balaban J connectivity index is 1.33. The van der Waals surface area contributed by atoms with Crippen molar-refractivity contribution in [1.82, 2.24) is 14.5 Å². The summed E-state index contributed by atoms with van der Waals surface area (Å²) in [6.45, 7) is 3.69. The Labute approximate surface area is 226 Å². The summed E-state index contributed by atoms with van der Waals surface area (Å²) >= 11 is 0. The molecule has 1 spiro atoms. The molecule has 5 atom stereocenters. The Morgan fingerprint density at radius 2 is 2.03 bits per heavy atom. The summed E-state index contributed by atoms with van der Waals surface area (Å²) in [7, 11) is 0. The van der Waals surface area contributed by atoms with Crippen LogP contribution in [0.25, 0.3) is 11.0 Å². The first-order chi connectivity index (χ1) is 18.7. The molecule has 3 N–H and O–H groups in total. The number of nitrogens with two attached hydrogens (primary N) is 1. The molecule has 4 aliphatic carbocycles. The van der Waals surface area contributed by atoms with Crippen molar-refractivity contribution in [3.8, 4) is 0 Å². The zero-order chi connectivity index (χ0) is 27.5. The number of amides is 1. The molecule has 2 bridgehead atoms. The number of likely N-dealkylation sites (tertiary alicyclic amines) is 1. The van der Waals surface area contributed by atoms with Crippen LogP contribution in [0.15, 0.2) is 46.0 Å². The van der Waals surface area contributed by atoms with Gasteiger partial charge in [0.15, 0.2) is 12.3 Å². The van der Waals surface area contributed by atoms with E-state index in [9.17, 15) is 19.5 Å². The summed E-state index contributed by atoms with van der Waals surface area (Å²) < 4.78 is 1.63. The maximum absolute atomic E-state index is 13.8. The van der Waals surface area contributed by atoms with Gasteiger partial charge < -0.3 is 25.1 Å². The smallest absolute Gasteiger partial charge is 0.360 e. The van der Waals surface area contributed by atoms with Gasteiger partial charge >= 0.3 is 5.97 Å². The van der Waals surface area contributed by atoms with Gasteiger partial charge in [0.25, 0.3) is 11.5 Å². The zero-order valence-corrected chi connectivity index (χ0v) is 22.4. The molecular weight excluding hydrogens is 498 g/mol. The Bertz CT molecular complexity index is 1440. The largest absolute Gasteiger partial charge is 0.476 e. The van der Waals surface area contributed by atoms with Crippen molar-refractivity contribution in [2.24, 2.45) is 28.1 Å². The average molecular weight is 534 g/mol. The summed E-state index contributed by atoms with van der Waals surface area (Å²) in [5.74, 6) is -0.720. The topological polar surface area (TPSA) is 140 Å². The fourth-order valence-corrected chi connectivity index (χ4v) is 7.27. The van der Waals surface area contributed by atoms with Gasteiger partial charge in [0, 0.05) is 18.1 Å². The summed E-state index contributed by atoms with van der Waals surface area (Å²) in [4.78, 5) is 48.6. The van der Waals surface area contributed by atoms with Crippen molar-refractivity contribution in [2.45, 2.75) is 76.9 Å². The van der Waals surface area contributed by atoms with Gasteiger partial charge in [0.1, 0.15) is 0 Å². The molecule has 1 aliphatic heterocycles. The van der Waals surface area contributed by atoms with Crippen LogP contribution < -0.4 is 11.3 Å². The van der Waals surface area contributed by atoms with Crippen molar-refractivity contribution < 1.29 is 19.5 Å². The van der Waals surface area contributed by atoms with Crippen molar-refractivity contribution in [3.05, 3.63) is 52.1 Å². The van der Waals surface area contributed by atoms with Crippen LogP contribution in [-0.4, -0.2) is 55.8 Å². The van der Waals surface area contributed by atoms with E-state index in [-0.39, 0.29) is 17.8 Å².